The Balaban J connectivity index is 1.54. The molecule has 0 aliphatic rings. The molecule has 0 aliphatic carbocycles. The minimum Gasteiger partial charge on any atom is -0.352 e. The number of nitrogens with one attached hydrogen (secondary N) is 2. The molecule has 5 nitrogen and oxygen atoms in total. The predicted molar refractivity (Wildman–Crippen MR) is 95.5 cm³/mol. The molecule has 0 radical (unpaired) electrons. The van der Waals surface area contributed by atoms with Crippen LogP contribution >= 0.6 is 34.8 Å². The molecule has 0 aliphatic heterocycles. The number of rotatable bonds is 5. The van der Waals surface area contributed by atoms with Crippen molar-refractivity contribution in [3.8, 4) is 0 Å². The van der Waals surface area contributed by atoms with Gasteiger partial charge in [0.1, 0.15) is 11.0 Å². The molecule has 1 amide bonds. The van der Waals surface area contributed by atoms with Gasteiger partial charge in [0.05, 0.1) is 5.52 Å². The number of imidazole rings is 1. The lowest BCUT2D eigenvalue weighted by atomic mass is 10.2. The van der Waals surface area contributed by atoms with Crippen molar-refractivity contribution in [3.63, 3.8) is 0 Å². The number of aromatic amines is 1. The molecule has 0 saturated heterocycles. The number of aromatic nitrogens is 3. The Labute approximate surface area is 153 Å². The molecule has 0 atom stereocenters. The summed E-state index contributed by atoms with van der Waals surface area (Å²) in [5, 5.41) is 4.30. The lowest BCUT2D eigenvalue weighted by Gasteiger charge is -2.06. The Morgan fingerprint density at radius 3 is 2.58 bits per heavy atom. The monoisotopic (exact) mass is 382 g/mol. The number of fused-ring (bicyclic) bond motifs is 1. The second kappa shape index (κ2) is 7.38. The Morgan fingerprint density at radius 1 is 1.08 bits per heavy atom. The van der Waals surface area contributed by atoms with E-state index in [-0.39, 0.29) is 5.91 Å². The first-order valence-corrected chi connectivity index (χ1v) is 8.36. The van der Waals surface area contributed by atoms with Gasteiger partial charge < -0.3 is 10.3 Å². The van der Waals surface area contributed by atoms with Crippen molar-refractivity contribution in [1.82, 2.24) is 20.3 Å². The lowest BCUT2D eigenvalue weighted by molar-refractivity contribution is -0.121. The maximum atomic E-state index is 12.0. The molecule has 0 fully saturated rings. The third-order valence-electron chi connectivity index (χ3n) is 3.36. The molecule has 3 rings (SSSR count). The van der Waals surface area contributed by atoms with Gasteiger partial charge >= 0.3 is 0 Å². The number of carbonyl (C=O) groups is 1. The van der Waals surface area contributed by atoms with Gasteiger partial charge in [0.15, 0.2) is 5.65 Å². The average molecular weight is 384 g/mol. The lowest BCUT2D eigenvalue weighted by Crippen LogP contribution is -2.23. The van der Waals surface area contributed by atoms with Crippen LogP contribution in [-0.2, 0) is 17.8 Å². The number of benzene rings is 1. The van der Waals surface area contributed by atoms with Crippen LogP contribution < -0.4 is 5.32 Å². The molecular formula is C16H13Cl3N4O. The molecule has 1 aromatic carbocycles. The van der Waals surface area contributed by atoms with E-state index >= 15 is 0 Å². The third kappa shape index (κ3) is 4.38. The Morgan fingerprint density at radius 2 is 1.83 bits per heavy atom. The molecule has 2 aromatic heterocycles. The fraction of sp³-hybridized carbons (Fsp3) is 0.188. The number of pyridine rings is 1. The first-order chi connectivity index (χ1) is 11.5. The van der Waals surface area contributed by atoms with E-state index in [1.807, 2.05) is 6.07 Å². The van der Waals surface area contributed by atoms with E-state index in [1.165, 1.54) is 0 Å². The fourth-order valence-corrected chi connectivity index (χ4v) is 2.99. The van der Waals surface area contributed by atoms with E-state index in [0.717, 1.165) is 11.1 Å². The summed E-state index contributed by atoms with van der Waals surface area (Å²) in [5.41, 5.74) is 2.19. The van der Waals surface area contributed by atoms with Crippen LogP contribution in [0.5, 0.6) is 0 Å². The molecule has 8 heteroatoms. The predicted octanol–water partition coefficient (Wildman–Crippen LogP) is 4.17. The summed E-state index contributed by atoms with van der Waals surface area (Å²) in [7, 11) is 0. The number of nitrogens with zero attached hydrogens (tertiary/aromatic N) is 2. The van der Waals surface area contributed by atoms with Gasteiger partial charge in [-0.05, 0) is 35.9 Å². The fourth-order valence-electron chi connectivity index (χ4n) is 2.27. The highest BCUT2D eigenvalue weighted by Crippen LogP contribution is 2.19. The van der Waals surface area contributed by atoms with Gasteiger partial charge in [-0.3, -0.25) is 4.79 Å². The number of halogens is 3. The minimum atomic E-state index is -0.0856. The normalized spacial score (nSPS) is 11.0. The molecule has 0 unspecified atom stereocenters. The van der Waals surface area contributed by atoms with Crippen LogP contribution in [0.15, 0.2) is 30.3 Å². The number of amides is 1. The molecule has 2 N–H and O–H groups in total. The second-order valence-corrected chi connectivity index (χ2v) is 6.50. The third-order valence-corrected chi connectivity index (χ3v) is 4.01. The zero-order valence-corrected chi connectivity index (χ0v) is 14.7. The quantitative estimate of drug-likeness (QED) is 0.650. The summed E-state index contributed by atoms with van der Waals surface area (Å²) in [6.45, 7) is 0.371. The van der Waals surface area contributed by atoms with Crippen LogP contribution in [-0.4, -0.2) is 20.9 Å². The first-order valence-electron chi connectivity index (χ1n) is 7.22. The highest BCUT2D eigenvalue weighted by molar-refractivity contribution is 6.34. The topological polar surface area (TPSA) is 70.7 Å². The van der Waals surface area contributed by atoms with E-state index in [9.17, 15) is 4.79 Å². The second-order valence-electron chi connectivity index (χ2n) is 5.24. The average Bonchev–Trinajstić information content (AvgIpc) is 2.92. The summed E-state index contributed by atoms with van der Waals surface area (Å²) in [4.78, 5) is 23.5. The number of hydrogen-bond donors (Lipinski definition) is 2. The molecular weight excluding hydrogens is 371 g/mol. The molecule has 2 heterocycles. The van der Waals surface area contributed by atoms with Crippen LogP contribution in [0.1, 0.15) is 17.8 Å². The number of carbonyl (C=O) groups excluding carboxylic acids is 1. The Hall–Kier alpha value is -1.82. The van der Waals surface area contributed by atoms with Crippen molar-refractivity contribution in [2.24, 2.45) is 0 Å². The maximum absolute atomic E-state index is 12.0. The van der Waals surface area contributed by atoms with E-state index < -0.39 is 0 Å². The zero-order chi connectivity index (χ0) is 17.1. The summed E-state index contributed by atoms with van der Waals surface area (Å²) in [6, 6.07) is 8.68. The standard InChI is InChI=1S/C16H13Cl3N4O/c17-10-5-9(6-11(18)7-10)8-20-15(24)4-3-14-21-12-1-2-13(19)22-16(12)23-14/h1-2,5-7H,3-4,8H2,(H,20,24)(H,21,22,23). The van der Waals surface area contributed by atoms with Crippen LogP contribution in [0.2, 0.25) is 15.2 Å². The van der Waals surface area contributed by atoms with Gasteiger partial charge in [-0.15, -0.1) is 0 Å². The van der Waals surface area contributed by atoms with E-state index in [1.54, 1.807) is 24.3 Å². The van der Waals surface area contributed by atoms with Gasteiger partial charge in [0, 0.05) is 29.4 Å². The molecule has 0 bridgehead atoms. The van der Waals surface area contributed by atoms with Gasteiger partial charge in [0.25, 0.3) is 0 Å². The molecule has 3 aromatic rings. The number of hydrogen-bond acceptors (Lipinski definition) is 3. The Bertz CT molecular complexity index is 874. The van der Waals surface area contributed by atoms with Crippen molar-refractivity contribution < 1.29 is 4.79 Å². The van der Waals surface area contributed by atoms with Crippen LogP contribution in [0, 0.1) is 0 Å². The zero-order valence-electron chi connectivity index (χ0n) is 12.4. The summed E-state index contributed by atoms with van der Waals surface area (Å²) in [6.07, 6.45) is 0.790. The summed E-state index contributed by atoms with van der Waals surface area (Å²) in [5.74, 6) is 0.610. The van der Waals surface area contributed by atoms with Gasteiger partial charge in [-0.25, -0.2) is 9.97 Å². The van der Waals surface area contributed by atoms with E-state index in [0.29, 0.717) is 46.1 Å². The molecule has 0 spiro atoms. The van der Waals surface area contributed by atoms with E-state index in [2.05, 4.69) is 20.3 Å². The number of aryl methyl sites for hydroxylation is 1. The van der Waals surface area contributed by atoms with Crippen molar-refractivity contribution >= 4 is 51.9 Å². The number of H-pyrrole nitrogens is 1. The SMILES string of the molecule is O=C(CCc1nc2nc(Cl)ccc2[nH]1)NCc1cc(Cl)cc(Cl)c1. The molecule has 0 saturated carbocycles. The van der Waals surface area contributed by atoms with Crippen LogP contribution in [0.3, 0.4) is 0 Å². The van der Waals surface area contributed by atoms with Crippen molar-refractivity contribution in [2.75, 3.05) is 0 Å². The van der Waals surface area contributed by atoms with Crippen molar-refractivity contribution in [3.05, 3.63) is 56.9 Å². The van der Waals surface area contributed by atoms with Crippen molar-refractivity contribution in [1.29, 1.82) is 0 Å². The Kier molecular flexibility index (Phi) is 5.23. The van der Waals surface area contributed by atoms with Crippen LogP contribution in [0.4, 0.5) is 0 Å². The van der Waals surface area contributed by atoms with E-state index in [4.69, 9.17) is 34.8 Å². The molecule has 124 valence electrons. The van der Waals surface area contributed by atoms with Gasteiger partial charge in [-0.1, -0.05) is 34.8 Å². The first kappa shape index (κ1) is 17.0. The van der Waals surface area contributed by atoms with Gasteiger partial charge in [-0.2, -0.15) is 0 Å². The van der Waals surface area contributed by atoms with Gasteiger partial charge in [0.2, 0.25) is 5.91 Å². The summed E-state index contributed by atoms with van der Waals surface area (Å²) >= 11 is 17.7. The highest BCUT2D eigenvalue weighted by atomic mass is 35.5. The molecule has 24 heavy (non-hydrogen) atoms. The summed E-state index contributed by atoms with van der Waals surface area (Å²) < 4.78 is 0. The largest absolute Gasteiger partial charge is 0.352 e. The van der Waals surface area contributed by atoms with Crippen LogP contribution in [0.25, 0.3) is 11.2 Å². The minimum absolute atomic E-state index is 0.0856. The van der Waals surface area contributed by atoms with Crippen molar-refractivity contribution in [2.45, 2.75) is 19.4 Å². The highest BCUT2D eigenvalue weighted by Gasteiger charge is 2.08. The maximum Gasteiger partial charge on any atom is 0.220 e. The smallest absolute Gasteiger partial charge is 0.220 e.